The summed E-state index contributed by atoms with van der Waals surface area (Å²) in [6.07, 6.45) is 5.14. The molecule has 0 amide bonds. The molecule has 0 aromatic carbocycles. The molecule has 0 N–H and O–H groups in total. The van der Waals surface area contributed by atoms with Crippen LogP contribution in [0.1, 0.15) is 33.6 Å². The van der Waals surface area contributed by atoms with E-state index in [1.807, 2.05) is 11.8 Å². The number of allylic oxidation sites excluding steroid dienone is 2. The molecule has 1 rings (SSSR count). The molecule has 0 atom stereocenters. The van der Waals surface area contributed by atoms with Gasteiger partial charge in [-0.1, -0.05) is 19.9 Å². The average molecular weight is 156 g/mol. The Bertz CT molecular complexity index is 132. The zero-order valence-corrected chi connectivity index (χ0v) is 7.87. The van der Waals surface area contributed by atoms with Crippen LogP contribution < -0.4 is 0 Å². The molecule has 0 nitrogen and oxygen atoms in total. The maximum Gasteiger partial charge on any atom is 0.00345 e. The summed E-state index contributed by atoms with van der Waals surface area (Å²) in [7, 11) is 0. The number of rotatable bonds is 3. The van der Waals surface area contributed by atoms with Gasteiger partial charge in [-0.05, 0) is 30.6 Å². The Morgan fingerprint density at radius 1 is 1.50 bits per heavy atom. The van der Waals surface area contributed by atoms with Crippen molar-refractivity contribution in [1.82, 2.24) is 0 Å². The van der Waals surface area contributed by atoms with Crippen molar-refractivity contribution in [3.05, 3.63) is 11.0 Å². The predicted octanol–water partition coefficient (Wildman–Crippen LogP) is 3.44. The summed E-state index contributed by atoms with van der Waals surface area (Å²) in [5, 5.41) is 0.756. The SMILES string of the molecule is CC=C(SC(C)C)C1CC1. The van der Waals surface area contributed by atoms with Gasteiger partial charge in [-0.15, -0.1) is 11.8 Å². The van der Waals surface area contributed by atoms with Crippen LogP contribution in [0.4, 0.5) is 0 Å². The lowest BCUT2D eigenvalue weighted by atomic mass is 10.4. The third-order valence-corrected chi connectivity index (χ3v) is 2.95. The first-order valence-corrected chi connectivity index (χ1v) is 4.95. The van der Waals surface area contributed by atoms with Gasteiger partial charge >= 0.3 is 0 Å². The topological polar surface area (TPSA) is 0 Å². The summed E-state index contributed by atoms with van der Waals surface area (Å²) in [5.41, 5.74) is 0. The molecule has 1 fully saturated rings. The van der Waals surface area contributed by atoms with E-state index in [-0.39, 0.29) is 0 Å². The van der Waals surface area contributed by atoms with E-state index in [4.69, 9.17) is 0 Å². The highest BCUT2D eigenvalue weighted by Gasteiger charge is 2.25. The van der Waals surface area contributed by atoms with Gasteiger partial charge in [-0.2, -0.15) is 0 Å². The van der Waals surface area contributed by atoms with Crippen LogP contribution in [0.2, 0.25) is 0 Å². The summed E-state index contributed by atoms with van der Waals surface area (Å²) in [6.45, 7) is 6.68. The maximum atomic E-state index is 2.28. The lowest BCUT2D eigenvalue weighted by Gasteiger charge is -2.06. The summed E-state index contributed by atoms with van der Waals surface area (Å²) in [4.78, 5) is 1.62. The standard InChI is InChI=1S/C9H16S/c1-4-9(8-5-6-8)10-7(2)3/h4,7-8H,5-6H2,1-3H3. The summed E-state index contributed by atoms with van der Waals surface area (Å²) < 4.78 is 0. The van der Waals surface area contributed by atoms with Crippen LogP contribution in [-0.2, 0) is 0 Å². The second-order valence-corrected chi connectivity index (χ2v) is 4.78. The quantitative estimate of drug-likeness (QED) is 0.603. The minimum absolute atomic E-state index is 0.756. The molecule has 0 radical (unpaired) electrons. The van der Waals surface area contributed by atoms with Gasteiger partial charge < -0.3 is 0 Å². The minimum atomic E-state index is 0.756. The van der Waals surface area contributed by atoms with Crippen LogP contribution in [0.15, 0.2) is 11.0 Å². The first kappa shape index (κ1) is 8.19. The van der Waals surface area contributed by atoms with Crippen LogP contribution in [0.25, 0.3) is 0 Å². The van der Waals surface area contributed by atoms with Crippen molar-refractivity contribution in [2.24, 2.45) is 5.92 Å². The molecule has 0 saturated heterocycles. The fourth-order valence-electron chi connectivity index (χ4n) is 1.04. The van der Waals surface area contributed by atoms with Crippen molar-refractivity contribution in [2.75, 3.05) is 0 Å². The van der Waals surface area contributed by atoms with Gasteiger partial charge in [0, 0.05) is 5.25 Å². The fraction of sp³-hybridized carbons (Fsp3) is 0.778. The lowest BCUT2D eigenvalue weighted by Crippen LogP contribution is -1.89. The van der Waals surface area contributed by atoms with Crippen molar-refractivity contribution in [2.45, 2.75) is 38.9 Å². The third kappa shape index (κ3) is 2.37. The normalized spacial score (nSPS) is 20.2. The van der Waals surface area contributed by atoms with E-state index in [0.717, 1.165) is 11.2 Å². The zero-order valence-electron chi connectivity index (χ0n) is 7.05. The molecule has 0 aliphatic heterocycles. The van der Waals surface area contributed by atoms with E-state index in [9.17, 15) is 0 Å². The van der Waals surface area contributed by atoms with Crippen molar-refractivity contribution in [1.29, 1.82) is 0 Å². The second-order valence-electron chi connectivity index (χ2n) is 3.13. The van der Waals surface area contributed by atoms with E-state index in [1.165, 1.54) is 12.8 Å². The molecular weight excluding hydrogens is 140 g/mol. The van der Waals surface area contributed by atoms with E-state index in [1.54, 1.807) is 4.91 Å². The monoisotopic (exact) mass is 156 g/mol. The van der Waals surface area contributed by atoms with Crippen molar-refractivity contribution >= 4 is 11.8 Å². The lowest BCUT2D eigenvalue weighted by molar-refractivity contribution is 1.06. The molecule has 1 aliphatic rings. The molecule has 58 valence electrons. The molecule has 10 heavy (non-hydrogen) atoms. The Kier molecular flexibility index (Phi) is 2.84. The first-order chi connectivity index (χ1) is 4.74. The Morgan fingerprint density at radius 2 is 2.10 bits per heavy atom. The number of hydrogen-bond donors (Lipinski definition) is 0. The molecular formula is C9H16S. The maximum absolute atomic E-state index is 2.28. The zero-order chi connectivity index (χ0) is 7.56. The summed E-state index contributed by atoms with van der Waals surface area (Å²) in [5.74, 6) is 0.942. The highest BCUT2D eigenvalue weighted by Crippen LogP contribution is 2.43. The van der Waals surface area contributed by atoms with Gasteiger partial charge in [-0.3, -0.25) is 0 Å². The molecule has 0 spiro atoms. The predicted molar refractivity (Wildman–Crippen MR) is 49.2 cm³/mol. The molecule has 0 bridgehead atoms. The summed E-state index contributed by atoms with van der Waals surface area (Å²) >= 11 is 2.03. The molecule has 0 aromatic heterocycles. The molecule has 1 aliphatic carbocycles. The Balaban J connectivity index is 2.34. The van der Waals surface area contributed by atoms with Gasteiger partial charge in [-0.25, -0.2) is 0 Å². The van der Waals surface area contributed by atoms with E-state index < -0.39 is 0 Å². The largest absolute Gasteiger partial charge is 0.128 e. The molecule has 1 saturated carbocycles. The third-order valence-electron chi connectivity index (χ3n) is 1.64. The minimum Gasteiger partial charge on any atom is -0.128 e. The van der Waals surface area contributed by atoms with Gasteiger partial charge in [0.1, 0.15) is 0 Å². The second kappa shape index (κ2) is 3.47. The molecule has 0 aromatic rings. The Morgan fingerprint density at radius 3 is 2.40 bits per heavy atom. The fourth-order valence-corrected chi connectivity index (χ4v) is 2.15. The first-order valence-electron chi connectivity index (χ1n) is 4.07. The highest BCUT2D eigenvalue weighted by atomic mass is 32.2. The van der Waals surface area contributed by atoms with Crippen LogP contribution in [-0.4, -0.2) is 5.25 Å². The van der Waals surface area contributed by atoms with Gasteiger partial charge in [0.05, 0.1) is 0 Å². The molecule has 1 heteroatoms. The van der Waals surface area contributed by atoms with Crippen LogP contribution in [0.3, 0.4) is 0 Å². The van der Waals surface area contributed by atoms with Gasteiger partial charge in [0.25, 0.3) is 0 Å². The summed E-state index contributed by atoms with van der Waals surface area (Å²) in [6, 6.07) is 0. The number of hydrogen-bond acceptors (Lipinski definition) is 1. The van der Waals surface area contributed by atoms with Crippen molar-refractivity contribution < 1.29 is 0 Å². The van der Waals surface area contributed by atoms with E-state index in [0.29, 0.717) is 0 Å². The highest BCUT2D eigenvalue weighted by molar-refractivity contribution is 8.03. The molecule has 0 heterocycles. The Labute approximate surface area is 68.1 Å². The van der Waals surface area contributed by atoms with Crippen LogP contribution in [0.5, 0.6) is 0 Å². The molecule has 0 unspecified atom stereocenters. The smallest absolute Gasteiger partial charge is 0.00345 e. The average Bonchev–Trinajstić information content (AvgIpc) is 2.63. The Hall–Kier alpha value is 0.0900. The van der Waals surface area contributed by atoms with Crippen molar-refractivity contribution in [3.63, 3.8) is 0 Å². The number of thioether (sulfide) groups is 1. The van der Waals surface area contributed by atoms with Gasteiger partial charge in [0.2, 0.25) is 0 Å². The van der Waals surface area contributed by atoms with Crippen molar-refractivity contribution in [3.8, 4) is 0 Å². The van der Waals surface area contributed by atoms with Gasteiger partial charge in [0.15, 0.2) is 0 Å². The van der Waals surface area contributed by atoms with E-state index in [2.05, 4.69) is 26.8 Å². The van der Waals surface area contributed by atoms with E-state index >= 15 is 0 Å². The van der Waals surface area contributed by atoms with Crippen LogP contribution >= 0.6 is 11.8 Å². The van der Waals surface area contributed by atoms with Crippen LogP contribution in [0, 0.1) is 5.92 Å².